The first-order valence-corrected chi connectivity index (χ1v) is 7.64. The minimum absolute atomic E-state index is 0.984. The highest BCUT2D eigenvalue weighted by Crippen LogP contribution is 2.36. The van der Waals surface area contributed by atoms with Gasteiger partial charge in [0, 0.05) is 15.7 Å². The summed E-state index contributed by atoms with van der Waals surface area (Å²) < 4.78 is 1.10. The van der Waals surface area contributed by atoms with E-state index in [1.165, 1.54) is 21.9 Å². The van der Waals surface area contributed by atoms with Crippen LogP contribution in [0.5, 0.6) is 0 Å². The molecule has 2 aromatic carbocycles. The topological polar surface area (TPSA) is 12.9 Å². The van der Waals surface area contributed by atoms with Crippen molar-refractivity contribution in [1.82, 2.24) is 4.98 Å². The van der Waals surface area contributed by atoms with Gasteiger partial charge < -0.3 is 0 Å². The average molecular weight is 326 g/mol. The second kappa shape index (κ2) is 5.37. The lowest BCUT2D eigenvalue weighted by atomic mass is 9.97. The van der Waals surface area contributed by atoms with E-state index < -0.39 is 0 Å². The molecule has 0 N–H and O–H groups in total. The summed E-state index contributed by atoms with van der Waals surface area (Å²) in [6.07, 6.45) is 0.984. The number of pyridine rings is 1. The Hall–Kier alpha value is -1.67. The zero-order valence-electron chi connectivity index (χ0n) is 11.7. The van der Waals surface area contributed by atoms with Gasteiger partial charge >= 0.3 is 0 Å². The van der Waals surface area contributed by atoms with Crippen LogP contribution in [0, 0.1) is 6.92 Å². The molecule has 0 bridgehead atoms. The standard InChI is InChI=1S/C18H16BrN/c1-3-13-9-8-12(2)20-18(13)17-15-7-5-4-6-14(15)10-11-16(17)19/h4-11H,3H2,1-2H3. The van der Waals surface area contributed by atoms with E-state index in [4.69, 9.17) is 4.98 Å². The fourth-order valence-electron chi connectivity index (χ4n) is 2.57. The molecular weight excluding hydrogens is 310 g/mol. The van der Waals surface area contributed by atoms with Gasteiger partial charge in [0.1, 0.15) is 0 Å². The second-order valence-corrected chi connectivity index (χ2v) is 5.81. The molecule has 3 rings (SSSR count). The van der Waals surface area contributed by atoms with Crippen LogP contribution in [0.1, 0.15) is 18.2 Å². The van der Waals surface area contributed by atoms with E-state index >= 15 is 0 Å². The third kappa shape index (κ3) is 2.25. The molecule has 1 nitrogen and oxygen atoms in total. The minimum atomic E-state index is 0.984. The fraction of sp³-hybridized carbons (Fsp3) is 0.167. The molecule has 0 radical (unpaired) electrons. The van der Waals surface area contributed by atoms with E-state index in [1.807, 2.05) is 6.92 Å². The number of aryl methyl sites for hydroxylation is 2. The highest BCUT2D eigenvalue weighted by Gasteiger charge is 2.13. The van der Waals surface area contributed by atoms with Gasteiger partial charge in [0.15, 0.2) is 0 Å². The molecule has 0 unspecified atom stereocenters. The molecule has 0 saturated carbocycles. The molecule has 0 aliphatic heterocycles. The quantitative estimate of drug-likeness (QED) is 0.603. The van der Waals surface area contributed by atoms with Crippen molar-refractivity contribution in [3.63, 3.8) is 0 Å². The first-order chi connectivity index (χ1) is 9.70. The molecule has 0 atom stereocenters. The molecule has 0 fully saturated rings. The first kappa shape index (κ1) is 13.3. The lowest BCUT2D eigenvalue weighted by molar-refractivity contribution is 1.08. The molecule has 2 heteroatoms. The lowest BCUT2D eigenvalue weighted by Crippen LogP contribution is -1.95. The molecule has 100 valence electrons. The second-order valence-electron chi connectivity index (χ2n) is 4.96. The Morgan fingerprint density at radius 1 is 1.00 bits per heavy atom. The van der Waals surface area contributed by atoms with Crippen molar-refractivity contribution in [2.75, 3.05) is 0 Å². The van der Waals surface area contributed by atoms with Gasteiger partial charge in [-0.05, 0) is 41.8 Å². The Morgan fingerprint density at radius 2 is 1.80 bits per heavy atom. The molecule has 3 aromatic rings. The van der Waals surface area contributed by atoms with E-state index in [1.54, 1.807) is 0 Å². The van der Waals surface area contributed by atoms with Crippen molar-refractivity contribution >= 4 is 26.7 Å². The van der Waals surface area contributed by atoms with Gasteiger partial charge in [0.25, 0.3) is 0 Å². The maximum atomic E-state index is 4.80. The Kier molecular flexibility index (Phi) is 3.58. The number of benzene rings is 2. The normalized spacial score (nSPS) is 10.9. The van der Waals surface area contributed by atoms with Gasteiger partial charge in [-0.3, -0.25) is 4.98 Å². The van der Waals surface area contributed by atoms with E-state index in [2.05, 4.69) is 71.4 Å². The molecule has 0 aliphatic rings. The molecule has 0 spiro atoms. The number of aromatic nitrogens is 1. The maximum absolute atomic E-state index is 4.80. The first-order valence-electron chi connectivity index (χ1n) is 6.85. The number of hydrogen-bond donors (Lipinski definition) is 0. The van der Waals surface area contributed by atoms with E-state index in [0.717, 1.165) is 22.3 Å². The summed E-state index contributed by atoms with van der Waals surface area (Å²) in [4.78, 5) is 4.80. The number of hydrogen-bond acceptors (Lipinski definition) is 1. The van der Waals surface area contributed by atoms with Crippen LogP contribution >= 0.6 is 15.9 Å². The van der Waals surface area contributed by atoms with Crippen LogP contribution in [0.25, 0.3) is 22.0 Å². The molecular formula is C18H16BrN. The van der Waals surface area contributed by atoms with Crippen LogP contribution in [-0.2, 0) is 6.42 Å². The molecule has 1 heterocycles. The van der Waals surface area contributed by atoms with Crippen LogP contribution < -0.4 is 0 Å². The largest absolute Gasteiger partial charge is 0.253 e. The van der Waals surface area contributed by atoms with Crippen LogP contribution in [0.2, 0.25) is 0 Å². The molecule has 0 amide bonds. The number of halogens is 1. The zero-order valence-corrected chi connectivity index (χ0v) is 13.2. The van der Waals surface area contributed by atoms with Gasteiger partial charge in [0.2, 0.25) is 0 Å². The van der Waals surface area contributed by atoms with Gasteiger partial charge in [0.05, 0.1) is 5.69 Å². The number of nitrogens with zero attached hydrogens (tertiary/aromatic N) is 1. The number of rotatable bonds is 2. The van der Waals surface area contributed by atoms with Crippen molar-refractivity contribution in [3.05, 3.63) is 64.3 Å². The predicted octanol–water partition coefficient (Wildman–Crippen LogP) is 5.54. The van der Waals surface area contributed by atoms with Gasteiger partial charge in [-0.25, -0.2) is 0 Å². The zero-order chi connectivity index (χ0) is 14.1. The van der Waals surface area contributed by atoms with E-state index in [-0.39, 0.29) is 0 Å². The third-order valence-corrected chi connectivity index (χ3v) is 4.27. The summed E-state index contributed by atoms with van der Waals surface area (Å²) >= 11 is 3.70. The van der Waals surface area contributed by atoms with E-state index in [0.29, 0.717) is 0 Å². The average Bonchev–Trinajstić information content (AvgIpc) is 2.47. The predicted molar refractivity (Wildman–Crippen MR) is 89.0 cm³/mol. The van der Waals surface area contributed by atoms with Crippen LogP contribution in [0.15, 0.2) is 53.0 Å². The minimum Gasteiger partial charge on any atom is -0.253 e. The summed E-state index contributed by atoms with van der Waals surface area (Å²) in [7, 11) is 0. The summed E-state index contributed by atoms with van der Waals surface area (Å²) in [5, 5.41) is 2.49. The van der Waals surface area contributed by atoms with Crippen molar-refractivity contribution in [1.29, 1.82) is 0 Å². The summed E-state index contributed by atoms with van der Waals surface area (Å²) in [5.74, 6) is 0. The van der Waals surface area contributed by atoms with Crippen molar-refractivity contribution < 1.29 is 0 Å². The molecule has 0 saturated heterocycles. The smallest absolute Gasteiger partial charge is 0.0754 e. The Labute approximate surface area is 127 Å². The Bertz CT molecular complexity index is 777. The van der Waals surface area contributed by atoms with Crippen molar-refractivity contribution in [2.45, 2.75) is 20.3 Å². The van der Waals surface area contributed by atoms with E-state index in [9.17, 15) is 0 Å². The van der Waals surface area contributed by atoms with Gasteiger partial charge in [-0.2, -0.15) is 0 Å². The maximum Gasteiger partial charge on any atom is 0.0754 e. The molecule has 0 aliphatic carbocycles. The highest BCUT2D eigenvalue weighted by molar-refractivity contribution is 9.10. The lowest BCUT2D eigenvalue weighted by Gasteiger charge is -2.13. The van der Waals surface area contributed by atoms with Crippen molar-refractivity contribution in [3.8, 4) is 11.3 Å². The number of fused-ring (bicyclic) bond motifs is 1. The van der Waals surface area contributed by atoms with Gasteiger partial charge in [-0.15, -0.1) is 0 Å². The van der Waals surface area contributed by atoms with Gasteiger partial charge in [-0.1, -0.05) is 59.3 Å². The molecule has 1 aromatic heterocycles. The fourth-order valence-corrected chi connectivity index (χ4v) is 3.11. The summed E-state index contributed by atoms with van der Waals surface area (Å²) in [6, 6.07) is 17.0. The Morgan fingerprint density at radius 3 is 2.60 bits per heavy atom. The summed E-state index contributed by atoms with van der Waals surface area (Å²) in [5.41, 5.74) is 4.63. The Balaban J connectivity index is 2.40. The summed E-state index contributed by atoms with van der Waals surface area (Å²) in [6.45, 7) is 4.22. The van der Waals surface area contributed by atoms with Crippen LogP contribution in [0.3, 0.4) is 0 Å². The highest BCUT2D eigenvalue weighted by atomic mass is 79.9. The van der Waals surface area contributed by atoms with Crippen LogP contribution in [-0.4, -0.2) is 4.98 Å². The third-order valence-electron chi connectivity index (χ3n) is 3.61. The molecule has 20 heavy (non-hydrogen) atoms. The monoisotopic (exact) mass is 325 g/mol. The SMILES string of the molecule is CCc1ccc(C)nc1-c1c(Br)ccc2ccccc12. The van der Waals surface area contributed by atoms with Crippen molar-refractivity contribution in [2.24, 2.45) is 0 Å². The van der Waals surface area contributed by atoms with Crippen LogP contribution in [0.4, 0.5) is 0 Å².